The Morgan fingerprint density at radius 3 is 2.77 bits per heavy atom. The van der Waals surface area contributed by atoms with Crippen LogP contribution in [-0.4, -0.2) is 36.3 Å². The Kier molecular flexibility index (Phi) is 11.7. The third kappa shape index (κ3) is 11.8. The maximum absolute atomic E-state index is 8.52. The monoisotopic (exact) mass is 201 g/mol. The van der Waals surface area contributed by atoms with E-state index in [-0.39, 0.29) is 0 Å². The standard InChI is InChI=1S/C10H19NOS/c1-2-9-13-10-7-11-6-4-3-5-8-12/h1,11-12H,3-10H2. The molecule has 0 aromatic carbocycles. The molecular weight excluding hydrogens is 182 g/mol. The normalized spacial score (nSPS) is 9.85. The van der Waals surface area contributed by atoms with Crippen molar-refractivity contribution in [3.8, 4) is 12.3 Å². The Morgan fingerprint density at radius 1 is 1.23 bits per heavy atom. The zero-order chi connectivity index (χ0) is 9.78. The summed E-state index contributed by atoms with van der Waals surface area (Å²) in [7, 11) is 0. The predicted molar refractivity (Wildman–Crippen MR) is 60.0 cm³/mol. The fourth-order valence-electron chi connectivity index (χ4n) is 0.939. The smallest absolute Gasteiger partial charge is 0.0545 e. The highest BCUT2D eigenvalue weighted by molar-refractivity contribution is 7.99. The molecule has 0 bridgehead atoms. The van der Waals surface area contributed by atoms with Crippen molar-refractivity contribution in [3.05, 3.63) is 0 Å². The van der Waals surface area contributed by atoms with E-state index in [1.807, 2.05) is 0 Å². The zero-order valence-corrected chi connectivity index (χ0v) is 8.91. The molecule has 0 saturated heterocycles. The number of terminal acetylenes is 1. The Labute approximate surface area is 85.5 Å². The summed E-state index contributed by atoms with van der Waals surface area (Å²) < 4.78 is 0. The molecule has 2 nitrogen and oxygen atoms in total. The molecular formula is C10H19NOS. The maximum Gasteiger partial charge on any atom is 0.0545 e. The van der Waals surface area contributed by atoms with Crippen LogP contribution in [0.5, 0.6) is 0 Å². The van der Waals surface area contributed by atoms with Crippen molar-refractivity contribution in [2.24, 2.45) is 0 Å². The number of unbranched alkanes of at least 4 members (excludes halogenated alkanes) is 2. The lowest BCUT2D eigenvalue weighted by atomic mass is 10.2. The first-order chi connectivity index (χ1) is 6.41. The van der Waals surface area contributed by atoms with Gasteiger partial charge >= 0.3 is 0 Å². The van der Waals surface area contributed by atoms with E-state index in [0.29, 0.717) is 6.61 Å². The molecule has 0 aromatic rings. The van der Waals surface area contributed by atoms with Gasteiger partial charge in [0.1, 0.15) is 0 Å². The van der Waals surface area contributed by atoms with Crippen LogP contribution < -0.4 is 5.32 Å². The molecule has 3 heteroatoms. The SMILES string of the molecule is C#CCSCCNCCCCCO. The topological polar surface area (TPSA) is 32.3 Å². The summed E-state index contributed by atoms with van der Waals surface area (Å²) in [6.07, 6.45) is 8.30. The Morgan fingerprint density at radius 2 is 2.08 bits per heavy atom. The molecule has 0 atom stereocenters. The number of rotatable bonds is 9. The lowest BCUT2D eigenvalue weighted by molar-refractivity contribution is 0.283. The molecule has 0 rings (SSSR count). The summed E-state index contributed by atoms with van der Waals surface area (Å²) in [6, 6.07) is 0. The summed E-state index contributed by atoms with van der Waals surface area (Å²) >= 11 is 1.78. The Bertz CT molecular complexity index is 133. The molecule has 76 valence electrons. The molecule has 0 aromatic heterocycles. The minimum Gasteiger partial charge on any atom is -0.396 e. The minimum absolute atomic E-state index is 0.317. The molecule has 0 radical (unpaired) electrons. The van der Waals surface area contributed by atoms with Gasteiger partial charge in [-0.3, -0.25) is 0 Å². The van der Waals surface area contributed by atoms with Crippen LogP contribution in [0, 0.1) is 12.3 Å². The summed E-state index contributed by atoms with van der Waals surface area (Å²) in [4.78, 5) is 0. The molecule has 0 fully saturated rings. The van der Waals surface area contributed by atoms with Gasteiger partial charge < -0.3 is 10.4 Å². The summed E-state index contributed by atoms with van der Waals surface area (Å²) in [5.41, 5.74) is 0. The van der Waals surface area contributed by atoms with E-state index in [1.54, 1.807) is 11.8 Å². The van der Waals surface area contributed by atoms with Crippen molar-refractivity contribution < 1.29 is 5.11 Å². The van der Waals surface area contributed by atoms with E-state index in [2.05, 4.69) is 11.2 Å². The molecule has 0 amide bonds. The van der Waals surface area contributed by atoms with E-state index in [0.717, 1.165) is 43.9 Å². The van der Waals surface area contributed by atoms with Crippen molar-refractivity contribution >= 4 is 11.8 Å². The number of aliphatic hydroxyl groups excluding tert-OH is 1. The van der Waals surface area contributed by atoms with Gasteiger partial charge in [0, 0.05) is 18.9 Å². The zero-order valence-electron chi connectivity index (χ0n) is 8.09. The largest absolute Gasteiger partial charge is 0.396 e. The molecule has 0 aliphatic heterocycles. The molecule has 0 saturated carbocycles. The van der Waals surface area contributed by atoms with Crippen LogP contribution in [0.4, 0.5) is 0 Å². The van der Waals surface area contributed by atoms with E-state index in [1.165, 1.54) is 0 Å². The van der Waals surface area contributed by atoms with Crippen LogP contribution in [0.2, 0.25) is 0 Å². The van der Waals surface area contributed by atoms with Gasteiger partial charge in [0.05, 0.1) is 5.75 Å². The first-order valence-electron chi connectivity index (χ1n) is 4.74. The highest BCUT2D eigenvalue weighted by Crippen LogP contribution is 1.96. The quantitative estimate of drug-likeness (QED) is 0.433. The third-order valence-corrected chi connectivity index (χ3v) is 2.48. The number of hydrogen-bond acceptors (Lipinski definition) is 3. The third-order valence-electron chi connectivity index (χ3n) is 1.62. The molecule has 0 spiro atoms. The van der Waals surface area contributed by atoms with Crippen molar-refractivity contribution in [2.75, 3.05) is 31.2 Å². The lowest BCUT2D eigenvalue weighted by Crippen LogP contribution is -2.18. The van der Waals surface area contributed by atoms with Gasteiger partial charge in [-0.15, -0.1) is 18.2 Å². The number of aliphatic hydroxyl groups is 1. The van der Waals surface area contributed by atoms with Gasteiger partial charge in [-0.05, 0) is 25.8 Å². The summed E-state index contributed by atoms with van der Waals surface area (Å²) in [5.74, 6) is 4.49. The van der Waals surface area contributed by atoms with Crippen molar-refractivity contribution in [3.63, 3.8) is 0 Å². The van der Waals surface area contributed by atoms with E-state index in [4.69, 9.17) is 11.5 Å². The van der Waals surface area contributed by atoms with Gasteiger partial charge in [-0.2, -0.15) is 0 Å². The number of hydrogen-bond donors (Lipinski definition) is 2. The molecule has 0 heterocycles. The second kappa shape index (κ2) is 11.8. The van der Waals surface area contributed by atoms with Crippen LogP contribution in [0.3, 0.4) is 0 Å². The van der Waals surface area contributed by atoms with Gasteiger partial charge in [0.15, 0.2) is 0 Å². The lowest BCUT2D eigenvalue weighted by Gasteiger charge is -2.02. The number of nitrogens with one attached hydrogen (secondary N) is 1. The predicted octanol–water partition coefficient (Wildman–Crippen LogP) is 1.10. The Hall–Kier alpha value is -0.170. The first kappa shape index (κ1) is 12.8. The maximum atomic E-state index is 8.52. The molecule has 0 unspecified atom stereocenters. The van der Waals surface area contributed by atoms with E-state index >= 15 is 0 Å². The van der Waals surface area contributed by atoms with Gasteiger partial charge in [-0.1, -0.05) is 5.92 Å². The molecule has 0 aliphatic rings. The van der Waals surface area contributed by atoms with Gasteiger partial charge in [-0.25, -0.2) is 0 Å². The van der Waals surface area contributed by atoms with Crippen LogP contribution in [0.15, 0.2) is 0 Å². The fraction of sp³-hybridized carbons (Fsp3) is 0.800. The highest BCUT2D eigenvalue weighted by atomic mass is 32.2. The van der Waals surface area contributed by atoms with Crippen LogP contribution in [0.25, 0.3) is 0 Å². The second-order valence-corrected chi connectivity index (χ2v) is 3.90. The van der Waals surface area contributed by atoms with Crippen LogP contribution in [0.1, 0.15) is 19.3 Å². The molecule has 2 N–H and O–H groups in total. The average Bonchev–Trinajstić information content (AvgIpc) is 2.16. The fourth-order valence-corrected chi connectivity index (χ4v) is 1.49. The van der Waals surface area contributed by atoms with E-state index in [9.17, 15) is 0 Å². The molecule has 13 heavy (non-hydrogen) atoms. The number of thioether (sulfide) groups is 1. The Balaban J connectivity index is 2.80. The van der Waals surface area contributed by atoms with Crippen molar-refractivity contribution in [2.45, 2.75) is 19.3 Å². The highest BCUT2D eigenvalue weighted by Gasteiger charge is 1.89. The minimum atomic E-state index is 0.317. The molecule has 0 aliphatic carbocycles. The summed E-state index contributed by atoms with van der Waals surface area (Å²) in [6.45, 7) is 2.40. The van der Waals surface area contributed by atoms with Crippen LogP contribution in [-0.2, 0) is 0 Å². The second-order valence-electron chi connectivity index (χ2n) is 2.79. The van der Waals surface area contributed by atoms with Gasteiger partial charge in [0.2, 0.25) is 0 Å². The summed E-state index contributed by atoms with van der Waals surface area (Å²) in [5, 5.41) is 11.9. The van der Waals surface area contributed by atoms with E-state index < -0.39 is 0 Å². The van der Waals surface area contributed by atoms with Crippen molar-refractivity contribution in [1.82, 2.24) is 5.32 Å². The average molecular weight is 201 g/mol. The van der Waals surface area contributed by atoms with Crippen molar-refractivity contribution in [1.29, 1.82) is 0 Å². The van der Waals surface area contributed by atoms with Gasteiger partial charge in [0.25, 0.3) is 0 Å². The first-order valence-corrected chi connectivity index (χ1v) is 5.90. The van der Waals surface area contributed by atoms with Crippen LogP contribution >= 0.6 is 11.8 Å².